The minimum absolute atomic E-state index is 0.199. The molecule has 1 fully saturated rings. The number of morpholine rings is 1. The van der Waals surface area contributed by atoms with Crippen molar-refractivity contribution in [2.45, 2.75) is 33.4 Å². The number of hydrogen-bond acceptors (Lipinski definition) is 7. The molecule has 4 aromatic rings. The maximum Gasteiger partial charge on any atom is 0.192 e. The van der Waals surface area contributed by atoms with Gasteiger partial charge in [-0.3, -0.25) is 4.90 Å². The molecule has 1 aliphatic rings. The molecule has 0 saturated carbocycles. The van der Waals surface area contributed by atoms with E-state index in [1.54, 1.807) is 17.1 Å². The Balaban J connectivity index is 1.31. The molecule has 9 nitrogen and oxygen atoms in total. The number of oxime groups is 1. The Hall–Kier alpha value is -3.30. The standard InChI is InChI=1S/C24H29N7O2/c1-18-19(2)30(10-6-9-29-11-13-32-14-12-29)23-22(18)24-27-21(28-31(24)17-25-23)16-33-26-15-20-7-4-3-5-8-20/h3-5,7-8,15,17H,6,9-14,16H2,1-2H3/b26-15-. The summed E-state index contributed by atoms with van der Waals surface area (Å²) < 4.78 is 9.48. The van der Waals surface area contributed by atoms with E-state index in [4.69, 9.17) is 19.5 Å². The molecule has 172 valence electrons. The van der Waals surface area contributed by atoms with Crippen LogP contribution < -0.4 is 0 Å². The number of nitrogens with zero attached hydrogens (tertiary/aromatic N) is 7. The number of fused-ring (bicyclic) bond motifs is 3. The van der Waals surface area contributed by atoms with Gasteiger partial charge < -0.3 is 14.1 Å². The maximum atomic E-state index is 5.45. The summed E-state index contributed by atoms with van der Waals surface area (Å²) in [7, 11) is 0. The van der Waals surface area contributed by atoms with Crippen LogP contribution in [-0.2, 0) is 22.7 Å². The molecule has 0 radical (unpaired) electrons. The van der Waals surface area contributed by atoms with Gasteiger partial charge in [0.15, 0.2) is 18.1 Å². The van der Waals surface area contributed by atoms with Crippen molar-refractivity contribution in [3.05, 3.63) is 59.3 Å². The number of hydrogen-bond donors (Lipinski definition) is 0. The minimum atomic E-state index is 0.199. The summed E-state index contributed by atoms with van der Waals surface area (Å²) in [5, 5.41) is 9.61. The summed E-state index contributed by atoms with van der Waals surface area (Å²) >= 11 is 0. The minimum Gasteiger partial charge on any atom is -0.387 e. The third-order valence-electron chi connectivity index (χ3n) is 6.22. The number of benzene rings is 1. The highest BCUT2D eigenvalue weighted by Gasteiger charge is 2.18. The highest BCUT2D eigenvalue weighted by molar-refractivity contribution is 5.93. The van der Waals surface area contributed by atoms with E-state index < -0.39 is 0 Å². The molecule has 0 aliphatic carbocycles. The van der Waals surface area contributed by atoms with Gasteiger partial charge in [-0.05, 0) is 31.4 Å². The molecular weight excluding hydrogens is 418 g/mol. The van der Waals surface area contributed by atoms with Crippen molar-refractivity contribution in [2.75, 3.05) is 32.8 Å². The van der Waals surface area contributed by atoms with Gasteiger partial charge in [-0.2, -0.15) is 0 Å². The van der Waals surface area contributed by atoms with Crippen LogP contribution in [0.15, 0.2) is 41.8 Å². The van der Waals surface area contributed by atoms with Crippen LogP contribution in [0.4, 0.5) is 0 Å². The molecule has 1 saturated heterocycles. The fourth-order valence-corrected chi connectivity index (χ4v) is 4.32. The Morgan fingerprint density at radius 1 is 1.09 bits per heavy atom. The summed E-state index contributed by atoms with van der Waals surface area (Å²) in [6.45, 7) is 10.2. The molecule has 0 bridgehead atoms. The molecule has 0 N–H and O–H groups in total. The van der Waals surface area contributed by atoms with E-state index in [2.05, 4.69) is 33.6 Å². The van der Waals surface area contributed by atoms with E-state index in [0.717, 1.165) is 68.1 Å². The fraction of sp³-hybridized carbons (Fsp3) is 0.417. The largest absolute Gasteiger partial charge is 0.387 e. The second kappa shape index (κ2) is 9.68. The van der Waals surface area contributed by atoms with Crippen LogP contribution in [0.2, 0.25) is 0 Å². The summed E-state index contributed by atoms with van der Waals surface area (Å²) in [6.07, 6.45) is 4.49. The molecule has 5 rings (SSSR count). The van der Waals surface area contributed by atoms with Crippen molar-refractivity contribution in [1.29, 1.82) is 0 Å². The van der Waals surface area contributed by atoms with Crippen molar-refractivity contribution in [2.24, 2.45) is 5.16 Å². The first kappa shape index (κ1) is 21.5. The molecule has 0 atom stereocenters. The predicted octanol–water partition coefficient (Wildman–Crippen LogP) is 2.97. The summed E-state index contributed by atoms with van der Waals surface area (Å²) in [5.41, 5.74) is 5.16. The quantitative estimate of drug-likeness (QED) is 0.305. The number of aromatic nitrogens is 5. The lowest BCUT2D eigenvalue weighted by Gasteiger charge is -2.26. The topological polar surface area (TPSA) is 82.1 Å². The Kier molecular flexibility index (Phi) is 6.32. The fourth-order valence-electron chi connectivity index (χ4n) is 4.32. The highest BCUT2D eigenvalue weighted by Crippen LogP contribution is 2.27. The second-order valence-electron chi connectivity index (χ2n) is 8.33. The Morgan fingerprint density at radius 2 is 1.91 bits per heavy atom. The molecule has 33 heavy (non-hydrogen) atoms. The van der Waals surface area contributed by atoms with Crippen molar-refractivity contribution in [3.8, 4) is 0 Å². The molecule has 4 heterocycles. The lowest BCUT2D eigenvalue weighted by molar-refractivity contribution is 0.0369. The lowest BCUT2D eigenvalue weighted by Crippen LogP contribution is -2.37. The normalized spacial score (nSPS) is 15.2. The third kappa shape index (κ3) is 4.60. The van der Waals surface area contributed by atoms with E-state index in [0.29, 0.717) is 5.82 Å². The zero-order valence-corrected chi connectivity index (χ0v) is 19.1. The van der Waals surface area contributed by atoms with Crippen molar-refractivity contribution >= 4 is 22.9 Å². The first-order chi connectivity index (χ1) is 16.2. The number of aryl methyl sites for hydroxylation is 2. The SMILES string of the molecule is Cc1c(C)n(CCCN2CCOCC2)c2ncn3nc(CO/N=C\c4ccccc4)nc3c12. The van der Waals surface area contributed by atoms with Gasteiger partial charge in [0.1, 0.15) is 12.0 Å². The van der Waals surface area contributed by atoms with Crippen LogP contribution >= 0.6 is 0 Å². The van der Waals surface area contributed by atoms with E-state index in [-0.39, 0.29) is 6.61 Å². The van der Waals surface area contributed by atoms with E-state index in [1.165, 1.54) is 11.3 Å². The van der Waals surface area contributed by atoms with E-state index in [1.807, 2.05) is 30.3 Å². The van der Waals surface area contributed by atoms with Gasteiger partial charge in [-0.25, -0.2) is 14.5 Å². The Labute approximate surface area is 192 Å². The molecule has 0 unspecified atom stereocenters. The van der Waals surface area contributed by atoms with Gasteiger partial charge >= 0.3 is 0 Å². The summed E-state index contributed by atoms with van der Waals surface area (Å²) in [6, 6.07) is 9.82. The Bertz CT molecular complexity index is 1260. The van der Waals surface area contributed by atoms with Crippen molar-refractivity contribution < 1.29 is 9.57 Å². The molecular formula is C24H29N7O2. The first-order valence-corrected chi connectivity index (χ1v) is 11.4. The molecule has 1 aliphatic heterocycles. The van der Waals surface area contributed by atoms with Crippen LogP contribution in [0.5, 0.6) is 0 Å². The number of ether oxygens (including phenoxy) is 1. The smallest absolute Gasteiger partial charge is 0.192 e. The zero-order valence-electron chi connectivity index (χ0n) is 19.1. The monoisotopic (exact) mass is 447 g/mol. The van der Waals surface area contributed by atoms with E-state index >= 15 is 0 Å². The average molecular weight is 448 g/mol. The van der Waals surface area contributed by atoms with Gasteiger partial charge in [0.2, 0.25) is 0 Å². The van der Waals surface area contributed by atoms with Gasteiger partial charge in [-0.15, -0.1) is 5.10 Å². The van der Waals surface area contributed by atoms with Crippen LogP contribution in [0, 0.1) is 13.8 Å². The van der Waals surface area contributed by atoms with Gasteiger partial charge in [0, 0.05) is 31.9 Å². The predicted molar refractivity (Wildman–Crippen MR) is 126 cm³/mol. The first-order valence-electron chi connectivity index (χ1n) is 11.4. The number of rotatable bonds is 8. The average Bonchev–Trinajstić information content (AvgIpc) is 3.37. The maximum absolute atomic E-state index is 5.45. The van der Waals surface area contributed by atoms with E-state index in [9.17, 15) is 0 Å². The second-order valence-corrected chi connectivity index (χ2v) is 8.33. The molecule has 9 heteroatoms. The van der Waals surface area contributed by atoms with Gasteiger partial charge in [-0.1, -0.05) is 35.5 Å². The summed E-state index contributed by atoms with van der Waals surface area (Å²) in [5.74, 6) is 0.576. The molecule has 1 aromatic carbocycles. The van der Waals surface area contributed by atoms with Crippen molar-refractivity contribution in [3.63, 3.8) is 0 Å². The van der Waals surface area contributed by atoms with Crippen LogP contribution in [0.25, 0.3) is 16.7 Å². The highest BCUT2D eigenvalue weighted by atomic mass is 16.6. The van der Waals surface area contributed by atoms with Crippen LogP contribution in [0.1, 0.15) is 29.1 Å². The van der Waals surface area contributed by atoms with Gasteiger partial charge in [0.25, 0.3) is 0 Å². The lowest BCUT2D eigenvalue weighted by atomic mass is 10.2. The molecule has 0 amide bonds. The Morgan fingerprint density at radius 3 is 2.73 bits per heavy atom. The summed E-state index contributed by atoms with van der Waals surface area (Å²) in [4.78, 5) is 17.4. The zero-order chi connectivity index (χ0) is 22.6. The van der Waals surface area contributed by atoms with Crippen LogP contribution in [-0.4, -0.2) is 68.1 Å². The van der Waals surface area contributed by atoms with Crippen LogP contribution in [0.3, 0.4) is 0 Å². The van der Waals surface area contributed by atoms with Crippen molar-refractivity contribution in [1.82, 2.24) is 29.0 Å². The third-order valence-corrected chi connectivity index (χ3v) is 6.22. The van der Waals surface area contributed by atoms with Gasteiger partial charge in [0.05, 0.1) is 24.8 Å². The molecule has 3 aromatic heterocycles. The molecule has 0 spiro atoms.